The molecule has 1 heterocycles. The summed E-state index contributed by atoms with van der Waals surface area (Å²) < 4.78 is 6.22. The molecular weight excluding hydrogens is 455 g/mol. The van der Waals surface area contributed by atoms with Gasteiger partial charge in [-0.2, -0.15) is 0 Å². The summed E-state index contributed by atoms with van der Waals surface area (Å²) in [5, 5.41) is 16.4. The van der Waals surface area contributed by atoms with Gasteiger partial charge in [0.2, 0.25) is 0 Å². The fraction of sp³-hybridized carbons (Fsp3) is 0.219. The maximum absolute atomic E-state index is 10.5. The number of hydrogen-bond acceptors (Lipinski definition) is 4. The van der Waals surface area contributed by atoms with Gasteiger partial charge in [-0.1, -0.05) is 97.1 Å². The van der Waals surface area contributed by atoms with E-state index in [2.05, 4.69) is 84.2 Å². The summed E-state index contributed by atoms with van der Waals surface area (Å²) in [4.78, 5) is 5.10. The normalized spacial score (nSPS) is 16.1. The van der Waals surface area contributed by atoms with Gasteiger partial charge >= 0.3 is 7.48 Å². The molecule has 4 aromatic rings. The third kappa shape index (κ3) is 5.24. The van der Waals surface area contributed by atoms with Gasteiger partial charge in [0.15, 0.2) is 0 Å². The van der Waals surface area contributed by atoms with E-state index in [1.165, 1.54) is 5.56 Å². The summed E-state index contributed by atoms with van der Waals surface area (Å²) in [6.07, 6.45) is 2.21. The topological polar surface area (TPSA) is 53.9 Å². The van der Waals surface area contributed by atoms with Crippen LogP contribution in [0.25, 0.3) is 16.5 Å². The zero-order valence-electron chi connectivity index (χ0n) is 21.9. The highest BCUT2D eigenvalue weighted by molar-refractivity contribution is 6.51. The number of nitrogens with zero attached hydrogens (tertiary/aromatic N) is 1. The highest BCUT2D eigenvalue weighted by Crippen LogP contribution is 2.32. The van der Waals surface area contributed by atoms with Gasteiger partial charge in [0, 0.05) is 11.1 Å². The van der Waals surface area contributed by atoms with Crippen LogP contribution in [0.2, 0.25) is 0 Å². The molecule has 0 aliphatic carbocycles. The second-order valence-corrected chi connectivity index (χ2v) is 10.6. The monoisotopic (exact) mass is 488 g/mol. The lowest BCUT2D eigenvalue weighted by molar-refractivity contribution is -0.0893. The molecule has 0 fully saturated rings. The Hall–Kier alpha value is -3.67. The predicted octanol–water partition coefficient (Wildman–Crippen LogP) is 5.51. The molecule has 1 aliphatic heterocycles. The van der Waals surface area contributed by atoms with Crippen molar-refractivity contribution in [3.05, 3.63) is 120 Å². The summed E-state index contributed by atoms with van der Waals surface area (Å²) in [5.74, 6) is 0.857. The highest BCUT2D eigenvalue weighted by atomic mass is 16.5. The van der Waals surface area contributed by atoms with Gasteiger partial charge in [-0.05, 0) is 55.6 Å². The zero-order valence-corrected chi connectivity index (χ0v) is 21.9. The van der Waals surface area contributed by atoms with Crippen LogP contribution in [0.5, 0.6) is 0 Å². The van der Waals surface area contributed by atoms with E-state index in [1.54, 1.807) is 13.8 Å². The van der Waals surface area contributed by atoms with Crippen molar-refractivity contribution in [3.63, 3.8) is 0 Å². The lowest BCUT2D eigenvalue weighted by Gasteiger charge is -2.37. The van der Waals surface area contributed by atoms with E-state index in [4.69, 9.17) is 9.65 Å². The number of aliphatic imine (C=N–C) groups is 1. The molecule has 186 valence electrons. The Morgan fingerprint density at radius 2 is 1.41 bits per heavy atom. The first kappa shape index (κ1) is 25.0. The van der Waals surface area contributed by atoms with Gasteiger partial charge in [0.25, 0.3) is 0 Å². The fourth-order valence-corrected chi connectivity index (χ4v) is 4.42. The number of benzene rings is 4. The molecule has 0 saturated carbocycles. The maximum Gasteiger partial charge on any atom is 0.310 e. The molecule has 0 bridgehead atoms. The number of rotatable bonds is 7. The Bertz CT molecular complexity index is 1450. The summed E-state index contributed by atoms with van der Waals surface area (Å²) in [6.45, 7) is 7.41. The van der Waals surface area contributed by atoms with Crippen molar-refractivity contribution in [2.45, 2.75) is 44.9 Å². The summed E-state index contributed by atoms with van der Waals surface area (Å²) in [5.41, 5.74) is 3.69. The smallest absolute Gasteiger partial charge is 0.310 e. The van der Waals surface area contributed by atoms with Gasteiger partial charge in [-0.25, -0.2) is 4.99 Å². The lowest BCUT2D eigenvalue weighted by atomic mass is 9.79. The number of aliphatic hydroxyl groups is 1. The number of nitrogens with one attached hydrogen (secondary N) is 1. The van der Waals surface area contributed by atoms with E-state index in [0.29, 0.717) is 7.48 Å². The summed E-state index contributed by atoms with van der Waals surface area (Å²) in [6, 6.07) is 33.4. The van der Waals surface area contributed by atoms with E-state index >= 15 is 0 Å². The summed E-state index contributed by atoms with van der Waals surface area (Å²) in [7, 11) is 0.406. The molecule has 5 rings (SSSR count). The molecule has 5 heteroatoms. The SMILES string of the molecule is CC(C)(O)C(C)(C)OBc1ccc(C2=CC(c3ccccc3)NC(c3ccccc3)=N2)c2ccccc12. The van der Waals surface area contributed by atoms with Crippen molar-refractivity contribution < 1.29 is 9.76 Å². The minimum Gasteiger partial charge on any atom is -0.427 e. The highest BCUT2D eigenvalue weighted by Gasteiger charge is 2.35. The molecule has 1 aliphatic rings. The molecule has 2 N–H and O–H groups in total. The van der Waals surface area contributed by atoms with Crippen molar-refractivity contribution >= 4 is 35.3 Å². The minimum atomic E-state index is -0.961. The molecule has 1 unspecified atom stereocenters. The van der Waals surface area contributed by atoms with Crippen molar-refractivity contribution in [3.8, 4) is 0 Å². The molecule has 37 heavy (non-hydrogen) atoms. The van der Waals surface area contributed by atoms with Crippen LogP contribution in [0.3, 0.4) is 0 Å². The van der Waals surface area contributed by atoms with Gasteiger partial charge in [0.05, 0.1) is 22.9 Å². The maximum atomic E-state index is 10.5. The van der Waals surface area contributed by atoms with E-state index in [1.807, 2.05) is 38.1 Å². The molecule has 0 saturated heterocycles. The van der Waals surface area contributed by atoms with E-state index in [0.717, 1.165) is 38.9 Å². The van der Waals surface area contributed by atoms with Gasteiger partial charge in [0.1, 0.15) is 5.84 Å². The molecule has 0 aromatic heterocycles. The van der Waals surface area contributed by atoms with Gasteiger partial charge in [-0.15, -0.1) is 0 Å². The van der Waals surface area contributed by atoms with Crippen molar-refractivity contribution in [1.82, 2.24) is 5.32 Å². The van der Waals surface area contributed by atoms with Crippen LogP contribution in [-0.2, 0) is 4.65 Å². The number of amidine groups is 1. The molecule has 4 aromatic carbocycles. The number of hydrogen-bond donors (Lipinski definition) is 2. The molecule has 0 radical (unpaired) electrons. The molecule has 0 amide bonds. The standard InChI is InChI=1S/C32H33BN2O2/c1-31(2,36)32(3,4)37-33-27-20-19-26(24-17-11-12-18-25(24)27)29-21-28(22-13-7-5-8-14-22)34-30(35-29)23-15-9-6-10-16-23/h5-21,28,33,36H,1-4H3,(H,34,35). The van der Waals surface area contributed by atoms with Crippen LogP contribution in [0.4, 0.5) is 0 Å². The minimum absolute atomic E-state index is 0.00161. The fourth-order valence-electron chi connectivity index (χ4n) is 4.42. The Balaban J connectivity index is 1.58. The molecular formula is C32H33BN2O2. The van der Waals surface area contributed by atoms with Crippen LogP contribution in [-0.4, -0.2) is 29.6 Å². The van der Waals surface area contributed by atoms with Crippen molar-refractivity contribution in [2.75, 3.05) is 0 Å². The summed E-state index contributed by atoms with van der Waals surface area (Å²) >= 11 is 0. The molecule has 0 spiro atoms. The van der Waals surface area contributed by atoms with Crippen LogP contribution in [0.1, 0.15) is 50.4 Å². The molecule has 1 atom stereocenters. The van der Waals surface area contributed by atoms with E-state index in [-0.39, 0.29) is 6.04 Å². The second-order valence-electron chi connectivity index (χ2n) is 10.6. The van der Waals surface area contributed by atoms with E-state index in [9.17, 15) is 5.11 Å². The largest absolute Gasteiger partial charge is 0.427 e. The van der Waals surface area contributed by atoms with Crippen molar-refractivity contribution in [1.29, 1.82) is 0 Å². The average Bonchev–Trinajstić information content (AvgIpc) is 2.92. The lowest BCUT2D eigenvalue weighted by Crippen LogP contribution is -2.49. The first-order chi connectivity index (χ1) is 17.7. The van der Waals surface area contributed by atoms with Crippen LogP contribution < -0.4 is 10.8 Å². The average molecular weight is 488 g/mol. The molecule has 4 nitrogen and oxygen atoms in total. The van der Waals surface area contributed by atoms with Crippen LogP contribution in [0.15, 0.2) is 108 Å². The van der Waals surface area contributed by atoms with Crippen molar-refractivity contribution in [2.24, 2.45) is 4.99 Å². The first-order valence-corrected chi connectivity index (χ1v) is 12.8. The first-order valence-electron chi connectivity index (χ1n) is 12.8. The zero-order chi connectivity index (χ0) is 26.0. The van der Waals surface area contributed by atoms with Crippen LogP contribution >= 0.6 is 0 Å². The van der Waals surface area contributed by atoms with E-state index < -0.39 is 11.2 Å². The number of fused-ring (bicyclic) bond motifs is 1. The Labute approximate surface area is 220 Å². The Morgan fingerprint density at radius 1 is 0.784 bits per heavy atom. The van der Waals surface area contributed by atoms with Gasteiger partial charge < -0.3 is 15.1 Å². The Morgan fingerprint density at radius 3 is 2.08 bits per heavy atom. The second kappa shape index (κ2) is 10.0. The Kier molecular flexibility index (Phi) is 6.76. The van der Waals surface area contributed by atoms with Crippen LogP contribution in [0, 0.1) is 0 Å². The quantitative estimate of drug-likeness (QED) is 0.337. The van der Waals surface area contributed by atoms with Gasteiger partial charge in [-0.3, -0.25) is 0 Å². The third-order valence-electron chi connectivity index (χ3n) is 7.41. The third-order valence-corrected chi connectivity index (χ3v) is 7.41. The predicted molar refractivity (Wildman–Crippen MR) is 155 cm³/mol.